The van der Waals surface area contributed by atoms with E-state index in [2.05, 4.69) is 5.32 Å². The van der Waals surface area contributed by atoms with E-state index >= 15 is 0 Å². The van der Waals surface area contributed by atoms with Gasteiger partial charge in [-0.3, -0.25) is 14.9 Å². The van der Waals surface area contributed by atoms with Gasteiger partial charge in [0.1, 0.15) is 11.6 Å². The average Bonchev–Trinajstić information content (AvgIpc) is 2.59. The fourth-order valence-electron chi connectivity index (χ4n) is 1.92. The summed E-state index contributed by atoms with van der Waals surface area (Å²) in [6, 6.07) is 14.4. The van der Waals surface area contributed by atoms with Crippen LogP contribution in [0.15, 0.2) is 54.1 Å². The number of nitrogens with zero attached hydrogens (tertiary/aromatic N) is 2. The molecule has 6 nitrogen and oxygen atoms in total. The second-order valence-electron chi connectivity index (χ2n) is 4.83. The largest absolute Gasteiger partial charge is 0.347 e. The molecule has 1 amide bonds. The summed E-state index contributed by atoms with van der Waals surface area (Å²) in [5.41, 5.74) is 0.995. The van der Waals surface area contributed by atoms with E-state index in [1.807, 2.05) is 0 Å². The molecule has 7 heteroatoms. The molecule has 2 aromatic rings. The topological polar surface area (TPSA) is 96.0 Å². The molecular weight excluding hydrogens is 330 g/mol. The van der Waals surface area contributed by atoms with Crippen LogP contribution in [-0.2, 0) is 11.3 Å². The van der Waals surface area contributed by atoms with Gasteiger partial charge >= 0.3 is 0 Å². The fourth-order valence-corrected chi connectivity index (χ4v) is 2.05. The van der Waals surface area contributed by atoms with Crippen molar-refractivity contribution in [2.75, 3.05) is 0 Å². The van der Waals surface area contributed by atoms with E-state index in [-0.39, 0.29) is 17.8 Å². The minimum absolute atomic E-state index is 0.109. The Morgan fingerprint density at radius 1 is 1.29 bits per heavy atom. The molecule has 1 N–H and O–H groups in total. The molecular formula is C17H12ClN3O3. The molecule has 0 spiro atoms. The van der Waals surface area contributed by atoms with Gasteiger partial charge < -0.3 is 5.32 Å². The zero-order valence-corrected chi connectivity index (χ0v) is 13.2. The van der Waals surface area contributed by atoms with Gasteiger partial charge in [-0.25, -0.2) is 0 Å². The second-order valence-corrected chi connectivity index (χ2v) is 5.27. The van der Waals surface area contributed by atoms with Crippen LogP contribution in [0.2, 0.25) is 5.02 Å². The van der Waals surface area contributed by atoms with Crippen molar-refractivity contribution in [3.8, 4) is 6.07 Å². The maximum atomic E-state index is 12.1. The molecule has 0 unspecified atom stereocenters. The maximum absolute atomic E-state index is 12.1. The van der Waals surface area contributed by atoms with Crippen molar-refractivity contribution in [3.63, 3.8) is 0 Å². The minimum Gasteiger partial charge on any atom is -0.347 e. The highest BCUT2D eigenvalue weighted by Gasteiger charge is 2.10. The number of nitrogens with one attached hydrogen (secondary N) is 1. The average molecular weight is 342 g/mol. The molecule has 0 radical (unpaired) electrons. The molecule has 0 aliphatic carbocycles. The van der Waals surface area contributed by atoms with E-state index in [1.54, 1.807) is 36.4 Å². The maximum Gasteiger partial charge on any atom is 0.270 e. The Morgan fingerprint density at radius 2 is 2.00 bits per heavy atom. The Balaban J connectivity index is 2.11. The van der Waals surface area contributed by atoms with E-state index in [0.717, 1.165) is 5.56 Å². The molecule has 120 valence electrons. The van der Waals surface area contributed by atoms with Crippen LogP contribution in [0.5, 0.6) is 0 Å². The zero-order chi connectivity index (χ0) is 17.5. The molecule has 0 aliphatic heterocycles. The van der Waals surface area contributed by atoms with Crippen LogP contribution in [-0.4, -0.2) is 10.8 Å². The molecule has 0 bridgehead atoms. The van der Waals surface area contributed by atoms with Crippen molar-refractivity contribution in [2.45, 2.75) is 6.54 Å². The van der Waals surface area contributed by atoms with Gasteiger partial charge in [0.25, 0.3) is 11.6 Å². The molecule has 0 aromatic heterocycles. The quantitative estimate of drug-likeness (QED) is 0.390. The first-order valence-electron chi connectivity index (χ1n) is 6.88. The lowest BCUT2D eigenvalue weighted by atomic mass is 10.1. The van der Waals surface area contributed by atoms with Crippen molar-refractivity contribution in [3.05, 3.63) is 80.4 Å². The number of halogens is 1. The first-order chi connectivity index (χ1) is 11.5. The van der Waals surface area contributed by atoms with Gasteiger partial charge in [0, 0.05) is 23.7 Å². The highest BCUT2D eigenvalue weighted by atomic mass is 35.5. The number of carbonyl (C=O) groups is 1. The smallest absolute Gasteiger partial charge is 0.270 e. The monoisotopic (exact) mass is 341 g/mol. The Morgan fingerprint density at radius 3 is 2.62 bits per heavy atom. The van der Waals surface area contributed by atoms with Gasteiger partial charge in [0.15, 0.2) is 0 Å². The number of nitro benzene ring substituents is 1. The Bertz CT molecular complexity index is 839. The molecule has 0 heterocycles. The minimum atomic E-state index is -0.557. The van der Waals surface area contributed by atoms with Crippen LogP contribution in [0.1, 0.15) is 11.1 Å². The number of amides is 1. The highest BCUT2D eigenvalue weighted by molar-refractivity contribution is 6.30. The van der Waals surface area contributed by atoms with Gasteiger partial charge in [-0.15, -0.1) is 0 Å². The van der Waals surface area contributed by atoms with E-state index in [1.165, 1.54) is 24.3 Å². The van der Waals surface area contributed by atoms with Crippen molar-refractivity contribution >= 4 is 29.3 Å². The number of nitriles is 1. The lowest BCUT2D eigenvalue weighted by Gasteiger charge is -2.05. The van der Waals surface area contributed by atoms with Crippen LogP contribution in [0.25, 0.3) is 6.08 Å². The normalized spacial score (nSPS) is 10.8. The third kappa shape index (κ3) is 4.66. The number of rotatable bonds is 5. The highest BCUT2D eigenvalue weighted by Crippen LogP contribution is 2.16. The van der Waals surface area contributed by atoms with Crippen LogP contribution in [0.3, 0.4) is 0 Å². The predicted molar refractivity (Wildman–Crippen MR) is 90.0 cm³/mol. The van der Waals surface area contributed by atoms with Crippen molar-refractivity contribution in [2.24, 2.45) is 0 Å². The summed E-state index contributed by atoms with van der Waals surface area (Å²) in [6.07, 6.45) is 1.31. The van der Waals surface area contributed by atoms with Gasteiger partial charge in [-0.2, -0.15) is 5.26 Å². The first-order valence-corrected chi connectivity index (χ1v) is 7.26. The number of nitro groups is 1. The predicted octanol–water partition coefficient (Wildman–Crippen LogP) is 3.47. The number of carbonyl (C=O) groups excluding carboxylic acids is 1. The van der Waals surface area contributed by atoms with E-state index < -0.39 is 10.8 Å². The summed E-state index contributed by atoms with van der Waals surface area (Å²) in [4.78, 5) is 22.3. The zero-order valence-electron chi connectivity index (χ0n) is 12.4. The molecule has 24 heavy (non-hydrogen) atoms. The number of hydrogen-bond acceptors (Lipinski definition) is 4. The summed E-state index contributed by atoms with van der Waals surface area (Å²) < 4.78 is 0. The molecule has 2 aromatic carbocycles. The summed E-state index contributed by atoms with van der Waals surface area (Å²) in [5, 5.41) is 23.1. The summed E-state index contributed by atoms with van der Waals surface area (Å²) >= 11 is 5.79. The lowest BCUT2D eigenvalue weighted by molar-refractivity contribution is -0.384. The Kier molecular flexibility index (Phi) is 5.66. The fraction of sp³-hybridized carbons (Fsp3) is 0.0588. The Hall–Kier alpha value is -3.17. The number of hydrogen-bond donors (Lipinski definition) is 1. The summed E-state index contributed by atoms with van der Waals surface area (Å²) in [5.74, 6) is -0.557. The Labute approximate surface area is 143 Å². The molecule has 0 saturated heterocycles. The summed E-state index contributed by atoms with van der Waals surface area (Å²) in [7, 11) is 0. The second kappa shape index (κ2) is 7.90. The van der Waals surface area contributed by atoms with E-state index in [4.69, 9.17) is 16.9 Å². The third-order valence-electron chi connectivity index (χ3n) is 3.12. The van der Waals surface area contributed by atoms with Crippen LogP contribution in [0.4, 0.5) is 5.69 Å². The van der Waals surface area contributed by atoms with Gasteiger partial charge in [0.2, 0.25) is 0 Å². The standard InChI is InChI=1S/C17H12ClN3O3/c18-15-6-4-12(5-7-15)11-20-17(22)14(10-19)8-13-2-1-3-16(9-13)21(23)24/h1-9H,11H2,(H,20,22)/b14-8-. The number of non-ortho nitro benzene ring substituents is 1. The van der Waals surface area contributed by atoms with E-state index in [0.29, 0.717) is 10.6 Å². The van der Waals surface area contributed by atoms with Crippen LogP contribution >= 0.6 is 11.6 Å². The lowest BCUT2D eigenvalue weighted by Crippen LogP contribution is -2.23. The SMILES string of the molecule is N#C/C(=C/c1cccc([N+](=O)[O-])c1)C(=O)NCc1ccc(Cl)cc1. The molecule has 0 saturated carbocycles. The first kappa shape index (κ1) is 17.2. The van der Waals surface area contributed by atoms with Gasteiger partial charge in [-0.05, 0) is 29.3 Å². The van der Waals surface area contributed by atoms with Crippen molar-refractivity contribution < 1.29 is 9.72 Å². The molecule has 0 aliphatic rings. The van der Waals surface area contributed by atoms with Crippen molar-refractivity contribution in [1.29, 1.82) is 5.26 Å². The van der Waals surface area contributed by atoms with Crippen molar-refractivity contribution in [1.82, 2.24) is 5.32 Å². The van der Waals surface area contributed by atoms with Gasteiger partial charge in [-0.1, -0.05) is 35.9 Å². The van der Waals surface area contributed by atoms with Crippen LogP contribution in [0, 0.1) is 21.4 Å². The molecule has 0 atom stereocenters. The third-order valence-corrected chi connectivity index (χ3v) is 3.38. The van der Waals surface area contributed by atoms with Crippen LogP contribution < -0.4 is 5.32 Å². The molecule has 0 fully saturated rings. The molecule has 2 rings (SSSR count). The van der Waals surface area contributed by atoms with E-state index in [9.17, 15) is 14.9 Å². The van der Waals surface area contributed by atoms with Gasteiger partial charge in [0.05, 0.1) is 4.92 Å². The summed E-state index contributed by atoms with van der Waals surface area (Å²) in [6.45, 7) is 0.240. The number of benzene rings is 2.